The van der Waals surface area contributed by atoms with Gasteiger partial charge in [0.15, 0.2) is 0 Å². The molecule has 2 rings (SSSR count). The first kappa shape index (κ1) is 19.2. The molecule has 138 valence electrons. The normalized spacial score (nSPS) is 17.2. The van der Waals surface area contributed by atoms with E-state index in [0.29, 0.717) is 50.1 Å². The summed E-state index contributed by atoms with van der Waals surface area (Å²) in [7, 11) is 0. The predicted molar refractivity (Wildman–Crippen MR) is 95.9 cm³/mol. The van der Waals surface area contributed by atoms with E-state index in [4.69, 9.17) is 9.47 Å². The Morgan fingerprint density at radius 1 is 1.24 bits per heavy atom. The van der Waals surface area contributed by atoms with Crippen molar-refractivity contribution < 1.29 is 19.1 Å². The maximum Gasteiger partial charge on any atom is 0.319 e. The van der Waals surface area contributed by atoms with Crippen LogP contribution in [0.2, 0.25) is 0 Å². The van der Waals surface area contributed by atoms with E-state index in [-0.39, 0.29) is 18.0 Å². The largest absolute Gasteiger partial charge is 0.376 e. The molecule has 0 bridgehead atoms. The highest BCUT2D eigenvalue weighted by atomic mass is 16.6. The molecule has 3 amide bonds. The molecule has 0 aromatic heterocycles. The van der Waals surface area contributed by atoms with Crippen molar-refractivity contribution in [2.75, 3.05) is 38.2 Å². The molecule has 1 saturated heterocycles. The lowest BCUT2D eigenvalue weighted by atomic mass is 10.1. The van der Waals surface area contributed by atoms with Crippen LogP contribution in [0.5, 0.6) is 0 Å². The van der Waals surface area contributed by atoms with Crippen LogP contribution in [-0.2, 0) is 9.47 Å². The first-order valence-corrected chi connectivity index (χ1v) is 8.59. The topological polar surface area (TPSA) is 88.7 Å². The van der Waals surface area contributed by atoms with Crippen LogP contribution in [0, 0.1) is 12.8 Å². The van der Waals surface area contributed by atoms with Gasteiger partial charge in [-0.3, -0.25) is 4.79 Å². The minimum atomic E-state index is -0.336. The summed E-state index contributed by atoms with van der Waals surface area (Å²) >= 11 is 0. The van der Waals surface area contributed by atoms with E-state index in [2.05, 4.69) is 16.0 Å². The summed E-state index contributed by atoms with van der Waals surface area (Å²) < 4.78 is 10.8. The number of amides is 3. The summed E-state index contributed by atoms with van der Waals surface area (Å²) in [5.74, 6) is 0.241. The van der Waals surface area contributed by atoms with Gasteiger partial charge in [-0.2, -0.15) is 0 Å². The Kier molecular flexibility index (Phi) is 7.21. The second kappa shape index (κ2) is 9.39. The fourth-order valence-electron chi connectivity index (χ4n) is 2.44. The van der Waals surface area contributed by atoms with Crippen molar-refractivity contribution >= 4 is 17.6 Å². The van der Waals surface area contributed by atoms with Gasteiger partial charge in [-0.15, -0.1) is 0 Å². The third-order valence-electron chi connectivity index (χ3n) is 3.87. The van der Waals surface area contributed by atoms with E-state index in [9.17, 15) is 9.59 Å². The van der Waals surface area contributed by atoms with E-state index in [1.807, 2.05) is 20.8 Å². The van der Waals surface area contributed by atoms with Crippen molar-refractivity contribution in [1.82, 2.24) is 10.6 Å². The summed E-state index contributed by atoms with van der Waals surface area (Å²) in [5, 5.41) is 8.43. The number of carbonyl (C=O) groups excluding carboxylic acids is 2. The van der Waals surface area contributed by atoms with E-state index < -0.39 is 0 Å². The van der Waals surface area contributed by atoms with Crippen LogP contribution < -0.4 is 16.0 Å². The van der Waals surface area contributed by atoms with Gasteiger partial charge in [0.05, 0.1) is 25.9 Å². The minimum absolute atomic E-state index is 0.131. The Labute approximate surface area is 148 Å². The smallest absolute Gasteiger partial charge is 0.319 e. The van der Waals surface area contributed by atoms with Crippen LogP contribution in [0.15, 0.2) is 18.2 Å². The van der Waals surface area contributed by atoms with Gasteiger partial charge in [0.25, 0.3) is 5.91 Å². The van der Waals surface area contributed by atoms with Crippen LogP contribution in [0.25, 0.3) is 0 Å². The lowest BCUT2D eigenvalue weighted by Gasteiger charge is -2.23. The monoisotopic (exact) mass is 349 g/mol. The van der Waals surface area contributed by atoms with Crippen molar-refractivity contribution in [1.29, 1.82) is 0 Å². The van der Waals surface area contributed by atoms with Gasteiger partial charge in [-0.1, -0.05) is 19.9 Å². The van der Waals surface area contributed by atoms with Crippen LogP contribution in [-0.4, -0.2) is 51.0 Å². The summed E-state index contributed by atoms with van der Waals surface area (Å²) in [4.78, 5) is 24.4. The zero-order valence-corrected chi connectivity index (χ0v) is 15.1. The second-order valence-electron chi connectivity index (χ2n) is 6.48. The highest BCUT2D eigenvalue weighted by molar-refractivity contribution is 5.99. The maximum absolute atomic E-state index is 12.3. The number of nitrogens with one attached hydrogen (secondary N) is 3. The third kappa shape index (κ3) is 6.03. The van der Waals surface area contributed by atoms with Gasteiger partial charge in [0, 0.05) is 24.3 Å². The Balaban J connectivity index is 1.91. The zero-order valence-electron chi connectivity index (χ0n) is 15.1. The number of rotatable bonds is 6. The minimum Gasteiger partial charge on any atom is -0.376 e. The first-order valence-electron chi connectivity index (χ1n) is 8.59. The van der Waals surface area contributed by atoms with E-state index in [1.54, 1.807) is 18.2 Å². The van der Waals surface area contributed by atoms with E-state index in [0.717, 1.165) is 5.56 Å². The van der Waals surface area contributed by atoms with Crippen molar-refractivity contribution in [3.8, 4) is 0 Å². The number of urea groups is 1. The number of hydrogen-bond acceptors (Lipinski definition) is 4. The summed E-state index contributed by atoms with van der Waals surface area (Å²) in [6.07, 6.45) is -0.131. The summed E-state index contributed by atoms with van der Waals surface area (Å²) in [5.41, 5.74) is 1.90. The number of ether oxygens (including phenoxy) is 2. The Bertz CT molecular complexity index is 598. The maximum atomic E-state index is 12.3. The molecule has 0 aliphatic carbocycles. The standard InChI is InChI=1S/C18H27N3O4/c1-12(2)9-19-17(22)15-5-4-6-16(13(15)3)21-18(23)20-10-14-11-24-7-8-25-14/h4-6,12,14H,7-11H2,1-3H3,(H,19,22)(H2,20,21,23)/t14-/m1/s1. The Morgan fingerprint density at radius 3 is 2.72 bits per heavy atom. The lowest BCUT2D eigenvalue weighted by molar-refractivity contribution is -0.0852. The molecule has 1 aromatic carbocycles. The third-order valence-corrected chi connectivity index (χ3v) is 3.87. The number of carbonyl (C=O) groups is 2. The van der Waals surface area contributed by atoms with Gasteiger partial charge >= 0.3 is 6.03 Å². The fraction of sp³-hybridized carbons (Fsp3) is 0.556. The Hall–Kier alpha value is -2.12. The molecular weight excluding hydrogens is 322 g/mol. The molecule has 1 aromatic rings. The summed E-state index contributed by atoms with van der Waals surface area (Å²) in [6.45, 7) is 8.49. The first-order chi connectivity index (χ1) is 12.0. The molecule has 1 aliphatic heterocycles. The number of hydrogen-bond donors (Lipinski definition) is 3. The molecule has 25 heavy (non-hydrogen) atoms. The highest BCUT2D eigenvalue weighted by Crippen LogP contribution is 2.19. The van der Waals surface area contributed by atoms with Crippen LogP contribution in [0.1, 0.15) is 29.8 Å². The number of benzene rings is 1. The molecule has 0 unspecified atom stereocenters. The molecule has 7 nitrogen and oxygen atoms in total. The molecule has 0 spiro atoms. The number of anilines is 1. The molecule has 0 saturated carbocycles. The highest BCUT2D eigenvalue weighted by Gasteiger charge is 2.16. The molecule has 3 N–H and O–H groups in total. The zero-order chi connectivity index (χ0) is 18.2. The SMILES string of the molecule is Cc1c(NC(=O)NC[C@@H]2COCCO2)cccc1C(=O)NCC(C)C. The van der Waals surface area contributed by atoms with Crippen molar-refractivity contribution in [2.24, 2.45) is 5.92 Å². The van der Waals surface area contributed by atoms with Gasteiger partial charge < -0.3 is 25.4 Å². The lowest BCUT2D eigenvalue weighted by Crippen LogP contribution is -2.41. The molecule has 7 heteroatoms. The average molecular weight is 349 g/mol. The van der Waals surface area contributed by atoms with Crippen molar-refractivity contribution in [2.45, 2.75) is 26.9 Å². The fourth-order valence-corrected chi connectivity index (χ4v) is 2.44. The van der Waals surface area contributed by atoms with Crippen molar-refractivity contribution in [3.05, 3.63) is 29.3 Å². The average Bonchev–Trinajstić information content (AvgIpc) is 2.60. The summed E-state index contributed by atoms with van der Waals surface area (Å²) in [6, 6.07) is 4.94. The molecule has 1 aliphatic rings. The van der Waals surface area contributed by atoms with Gasteiger partial charge in [0.2, 0.25) is 0 Å². The van der Waals surface area contributed by atoms with E-state index in [1.165, 1.54) is 0 Å². The second-order valence-corrected chi connectivity index (χ2v) is 6.48. The molecular formula is C18H27N3O4. The molecule has 1 heterocycles. The van der Waals surface area contributed by atoms with Gasteiger partial charge in [-0.05, 0) is 30.5 Å². The van der Waals surface area contributed by atoms with Crippen LogP contribution >= 0.6 is 0 Å². The van der Waals surface area contributed by atoms with E-state index >= 15 is 0 Å². The van der Waals surface area contributed by atoms with Gasteiger partial charge in [0.1, 0.15) is 0 Å². The Morgan fingerprint density at radius 2 is 2.04 bits per heavy atom. The molecule has 1 atom stereocenters. The van der Waals surface area contributed by atoms with Crippen LogP contribution in [0.3, 0.4) is 0 Å². The van der Waals surface area contributed by atoms with Crippen LogP contribution in [0.4, 0.5) is 10.5 Å². The van der Waals surface area contributed by atoms with Crippen molar-refractivity contribution in [3.63, 3.8) is 0 Å². The van der Waals surface area contributed by atoms with Gasteiger partial charge in [-0.25, -0.2) is 4.79 Å². The quantitative estimate of drug-likeness (QED) is 0.732. The predicted octanol–water partition coefficient (Wildman–Crippen LogP) is 1.92. The molecule has 0 radical (unpaired) electrons. The molecule has 1 fully saturated rings.